The molecule has 2 N–H and O–H groups in total. The molecule has 0 fully saturated rings. The van der Waals surface area contributed by atoms with Gasteiger partial charge in [-0.25, -0.2) is 4.79 Å². The van der Waals surface area contributed by atoms with Gasteiger partial charge in [0.25, 0.3) is 0 Å². The maximum atomic E-state index is 12.0. The van der Waals surface area contributed by atoms with Crippen molar-refractivity contribution < 1.29 is 14.3 Å². The van der Waals surface area contributed by atoms with E-state index in [0.29, 0.717) is 11.5 Å². The summed E-state index contributed by atoms with van der Waals surface area (Å²) in [6.07, 6.45) is 2.51. The molecule has 0 atom stereocenters. The predicted octanol–water partition coefficient (Wildman–Crippen LogP) is 4.23. The number of benzene rings is 2. The number of ether oxygens (including phenoxy) is 2. The predicted molar refractivity (Wildman–Crippen MR) is 83.2 cm³/mol. The summed E-state index contributed by atoms with van der Waals surface area (Å²) >= 11 is 0. The topological polar surface area (TPSA) is 67.1 Å². The lowest BCUT2D eigenvalue weighted by atomic mass is 10.2. The minimum absolute atomic E-state index is 0.445. The Kier molecular flexibility index (Phi) is 2.83. The number of rotatable bonds is 2. The van der Waals surface area contributed by atoms with E-state index >= 15 is 0 Å². The maximum Gasteiger partial charge on any atom is 0.519 e. The third-order valence-electron chi connectivity index (χ3n) is 3.49. The van der Waals surface area contributed by atoms with Crippen molar-refractivity contribution in [1.29, 1.82) is 0 Å². The van der Waals surface area contributed by atoms with Crippen molar-refractivity contribution in [3.63, 3.8) is 0 Å². The normalized spacial score (nSPS) is 10.9. The zero-order valence-electron chi connectivity index (χ0n) is 11.5. The number of carbonyl (C=O) groups excluding carboxylic acids is 1. The molecule has 108 valence electrons. The Bertz CT molecular complexity index is 890. The van der Waals surface area contributed by atoms with Gasteiger partial charge in [0, 0.05) is 34.2 Å². The minimum atomic E-state index is -0.769. The third-order valence-corrected chi connectivity index (χ3v) is 3.49. The van der Waals surface area contributed by atoms with Crippen molar-refractivity contribution in [1.82, 2.24) is 9.97 Å². The smallest absolute Gasteiger partial charge is 0.392 e. The first-order chi connectivity index (χ1) is 10.8. The first-order valence-corrected chi connectivity index (χ1v) is 6.83. The maximum absolute atomic E-state index is 12.0. The van der Waals surface area contributed by atoms with Crippen LogP contribution >= 0.6 is 0 Å². The van der Waals surface area contributed by atoms with Crippen molar-refractivity contribution in [2.24, 2.45) is 0 Å². The van der Waals surface area contributed by atoms with Crippen LogP contribution in [0.4, 0.5) is 4.79 Å². The highest BCUT2D eigenvalue weighted by molar-refractivity contribution is 5.90. The Balaban J connectivity index is 1.58. The van der Waals surface area contributed by atoms with Crippen LogP contribution in [0.3, 0.4) is 0 Å². The molecule has 0 bridgehead atoms. The van der Waals surface area contributed by atoms with E-state index in [0.717, 1.165) is 21.8 Å². The van der Waals surface area contributed by atoms with Crippen LogP contribution in [0, 0.1) is 0 Å². The number of hydrogen-bond acceptors (Lipinski definition) is 3. The van der Waals surface area contributed by atoms with Crippen molar-refractivity contribution in [3.8, 4) is 11.5 Å². The molecule has 0 spiro atoms. The first-order valence-electron chi connectivity index (χ1n) is 6.83. The van der Waals surface area contributed by atoms with Crippen LogP contribution in [0.15, 0.2) is 60.9 Å². The molecule has 0 saturated carbocycles. The van der Waals surface area contributed by atoms with Crippen LogP contribution in [-0.2, 0) is 0 Å². The second kappa shape index (κ2) is 4.96. The molecule has 2 aromatic carbocycles. The number of hydrogen-bond donors (Lipinski definition) is 2. The van der Waals surface area contributed by atoms with Crippen LogP contribution in [0.1, 0.15) is 0 Å². The molecule has 0 aliphatic heterocycles. The van der Waals surface area contributed by atoms with Crippen LogP contribution < -0.4 is 9.47 Å². The Morgan fingerprint density at radius 2 is 1.18 bits per heavy atom. The van der Waals surface area contributed by atoms with Crippen LogP contribution in [0.5, 0.6) is 11.5 Å². The monoisotopic (exact) mass is 292 g/mol. The molecule has 4 rings (SSSR count). The number of H-pyrrole nitrogens is 2. The molecule has 0 saturated heterocycles. The molecule has 2 heterocycles. The van der Waals surface area contributed by atoms with Gasteiger partial charge in [0.2, 0.25) is 0 Å². The fraction of sp³-hybridized carbons (Fsp3) is 0. The highest BCUT2D eigenvalue weighted by Crippen LogP contribution is 2.27. The molecule has 5 heteroatoms. The molecule has 2 aromatic heterocycles. The van der Waals surface area contributed by atoms with E-state index in [9.17, 15) is 4.79 Å². The Morgan fingerprint density at radius 3 is 1.68 bits per heavy atom. The highest BCUT2D eigenvalue weighted by atomic mass is 16.7. The van der Waals surface area contributed by atoms with E-state index < -0.39 is 6.16 Å². The lowest BCUT2D eigenvalue weighted by Crippen LogP contribution is -2.13. The number of carbonyl (C=O) groups is 1. The summed E-state index contributed by atoms with van der Waals surface area (Å²) in [6.45, 7) is 0. The average molecular weight is 292 g/mol. The van der Waals surface area contributed by atoms with Gasteiger partial charge in [-0.1, -0.05) is 24.3 Å². The van der Waals surface area contributed by atoms with Crippen molar-refractivity contribution in [3.05, 3.63) is 60.9 Å². The molecule has 4 aromatic rings. The summed E-state index contributed by atoms with van der Waals surface area (Å²) in [5.41, 5.74) is 1.80. The highest BCUT2D eigenvalue weighted by Gasteiger charge is 2.14. The largest absolute Gasteiger partial charge is 0.519 e. The van der Waals surface area contributed by atoms with Crippen LogP contribution in [-0.4, -0.2) is 16.1 Å². The zero-order chi connectivity index (χ0) is 14.9. The SMILES string of the molecule is O=C(Oc1c[nH]c2ccccc12)Oc1c[nH]c2ccccc12. The van der Waals surface area contributed by atoms with E-state index in [4.69, 9.17) is 9.47 Å². The fourth-order valence-corrected chi connectivity index (χ4v) is 2.46. The Morgan fingerprint density at radius 1 is 0.727 bits per heavy atom. The molecular weight excluding hydrogens is 280 g/mol. The van der Waals surface area contributed by atoms with Gasteiger partial charge in [0.1, 0.15) is 0 Å². The van der Waals surface area contributed by atoms with E-state index in [-0.39, 0.29) is 0 Å². The molecular formula is C17H12N2O3. The second-order valence-corrected chi connectivity index (χ2v) is 4.85. The van der Waals surface area contributed by atoms with E-state index in [1.807, 2.05) is 48.5 Å². The Hall–Kier alpha value is -3.21. The van der Waals surface area contributed by atoms with Crippen molar-refractivity contribution in [2.45, 2.75) is 0 Å². The summed E-state index contributed by atoms with van der Waals surface area (Å²) in [7, 11) is 0. The van der Waals surface area contributed by atoms with Gasteiger partial charge in [-0.3, -0.25) is 0 Å². The zero-order valence-corrected chi connectivity index (χ0v) is 11.5. The van der Waals surface area contributed by atoms with Crippen LogP contribution in [0.2, 0.25) is 0 Å². The van der Waals surface area contributed by atoms with Crippen molar-refractivity contribution in [2.75, 3.05) is 0 Å². The van der Waals surface area contributed by atoms with Gasteiger partial charge in [-0.15, -0.1) is 0 Å². The summed E-state index contributed by atoms with van der Waals surface area (Å²) in [5, 5.41) is 1.66. The first kappa shape index (κ1) is 12.5. The van der Waals surface area contributed by atoms with Gasteiger partial charge >= 0.3 is 6.16 Å². The van der Waals surface area contributed by atoms with Crippen LogP contribution in [0.25, 0.3) is 21.8 Å². The average Bonchev–Trinajstić information content (AvgIpc) is 3.13. The van der Waals surface area contributed by atoms with Gasteiger partial charge < -0.3 is 19.4 Å². The molecule has 0 radical (unpaired) electrons. The van der Waals surface area contributed by atoms with E-state index in [2.05, 4.69) is 9.97 Å². The molecule has 0 unspecified atom stereocenters. The van der Waals surface area contributed by atoms with Gasteiger partial charge in [-0.05, 0) is 24.3 Å². The summed E-state index contributed by atoms with van der Waals surface area (Å²) in [4.78, 5) is 18.1. The van der Waals surface area contributed by atoms with Crippen molar-refractivity contribution >= 4 is 28.0 Å². The molecule has 0 amide bonds. The number of para-hydroxylation sites is 2. The van der Waals surface area contributed by atoms with Gasteiger partial charge in [0.15, 0.2) is 11.5 Å². The molecule has 0 aliphatic carbocycles. The second-order valence-electron chi connectivity index (χ2n) is 4.85. The number of fused-ring (bicyclic) bond motifs is 2. The van der Waals surface area contributed by atoms with E-state index in [1.54, 1.807) is 12.4 Å². The lowest BCUT2D eigenvalue weighted by Gasteiger charge is -2.03. The molecule has 0 aliphatic rings. The standard InChI is InChI=1S/C17H12N2O3/c20-17(21-15-9-18-13-7-3-1-5-11(13)15)22-16-10-19-14-8-4-2-6-12(14)16/h1-10,18-19H. The molecule has 22 heavy (non-hydrogen) atoms. The fourth-order valence-electron chi connectivity index (χ4n) is 2.46. The molecule has 5 nitrogen and oxygen atoms in total. The quantitative estimate of drug-likeness (QED) is 0.543. The summed E-state index contributed by atoms with van der Waals surface area (Å²) in [6, 6.07) is 15.2. The Labute approximate surface area is 125 Å². The third kappa shape index (κ3) is 2.09. The minimum Gasteiger partial charge on any atom is -0.392 e. The van der Waals surface area contributed by atoms with Gasteiger partial charge in [-0.2, -0.15) is 0 Å². The number of nitrogens with one attached hydrogen (secondary N) is 2. The van der Waals surface area contributed by atoms with Gasteiger partial charge in [0.05, 0.1) is 0 Å². The summed E-state index contributed by atoms with van der Waals surface area (Å²) in [5.74, 6) is 0.890. The number of aromatic amines is 2. The van der Waals surface area contributed by atoms with E-state index in [1.165, 1.54) is 0 Å². The lowest BCUT2D eigenvalue weighted by molar-refractivity contribution is 0.153. The number of aromatic nitrogens is 2. The summed E-state index contributed by atoms with van der Waals surface area (Å²) < 4.78 is 10.6.